The van der Waals surface area contributed by atoms with Crippen LogP contribution < -0.4 is 10.2 Å². The average molecular weight is 357 g/mol. The lowest BCUT2D eigenvalue weighted by atomic mass is 9.98. The van der Waals surface area contributed by atoms with Gasteiger partial charge in [0.25, 0.3) is 5.91 Å². The summed E-state index contributed by atoms with van der Waals surface area (Å²) in [4.78, 5) is 14.8. The SMILES string of the molecule is CC1CCN(c2ccc(C(C)NC(=O)c3cccc(Cl)c3)cc2)CC1. The number of hydrogen-bond donors (Lipinski definition) is 1. The lowest BCUT2D eigenvalue weighted by molar-refractivity contribution is 0.0940. The monoisotopic (exact) mass is 356 g/mol. The smallest absolute Gasteiger partial charge is 0.251 e. The molecule has 0 spiro atoms. The number of benzene rings is 2. The fourth-order valence-electron chi connectivity index (χ4n) is 3.23. The van der Waals surface area contributed by atoms with Crippen molar-refractivity contribution in [3.63, 3.8) is 0 Å². The van der Waals surface area contributed by atoms with E-state index in [1.165, 1.54) is 18.5 Å². The highest BCUT2D eigenvalue weighted by Crippen LogP contribution is 2.24. The van der Waals surface area contributed by atoms with E-state index in [2.05, 4.69) is 41.4 Å². The van der Waals surface area contributed by atoms with Crippen molar-refractivity contribution in [2.24, 2.45) is 5.92 Å². The quantitative estimate of drug-likeness (QED) is 0.829. The van der Waals surface area contributed by atoms with Crippen LogP contribution in [0, 0.1) is 5.92 Å². The molecule has 0 bridgehead atoms. The zero-order chi connectivity index (χ0) is 17.8. The summed E-state index contributed by atoms with van der Waals surface area (Å²) in [6, 6.07) is 15.5. The van der Waals surface area contributed by atoms with Crippen LogP contribution in [0.3, 0.4) is 0 Å². The number of piperidine rings is 1. The third-order valence-electron chi connectivity index (χ3n) is 4.98. The second-order valence-electron chi connectivity index (χ2n) is 6.97. The van der Waals surface area contributed by atoms with E-state index in [-0.39, 0.29) is 11.9 Å². The van der Waals surface area contributed by atoms with Crippen LogP contribution >= 0.6 is 11.6 Å². The van der Waals surface area contributed by atoms with Crippen LogP contribution in [0.1, 0.15) is 48.7 Å². The molecule has 1 unspecified atom stereocenters. The number of amides is 1. The minimum atomic E-state index is -0.107. The van der Waals surface area contributed by atoms with Gasteiger partial charge in [-0.05, 0) is 61.6 Å². The number of nitrogens with one attached hydrogen (secondary N) is 1. The minimum absolute atomic E-state index is 0.0538. The lowest BCUT2D eigenvalue weighted by Gasteiger charge is -2.32. The Kier molecular flexibility index (Phi) is 5.64. The zero-order valence-corrected chi connectivity index (χ0v) is 15.6. The average Bonchev–Trinajstić information content (AvgIpc) is 2.62. The first-order valence-corrected chi connectivity index (χ1v) is 9.32. The van der Waals surface area contributed by atoms with Gasteiger partial charge in [0, 0.05) is 29.4 Å². The Balaban J connectivity index is 1.62. The number of carbonyl (C=O) groups excluding carboxylic acids is 1. The van der Waals surface area contributed by atoms with E-state index in [1.54, 1.807) is 24.3 Å². The molecule has 2 aromatic rings. The molecule has 25 heavy (non-hydrogen) atoms. The van der Waals surface area contributed by atoms with Crippen LogP contribution in [-0.2, 0) is 0 Å². The van der Waals surface area contributed by atoms with Crippen molar-refractivity contribution in [2.45, 2.75) is 32.7 Å². The summed E-state index contributed by atoms with van der Waals surface area (Å²) in [5, 5.41) is 3.60. The maximum absolute atomic E-state index is 12.3. The maximum atomic E-state index is 12.3. The van der Waals surface area contributed by atoms with Crippen molar-refractivity contribution < 1.29 is 4.79 Å². The first-order valence-electron chi connectivity index (χ1n) is 8.94. The van der Waals surface area contributed by atoms with Crippen LogP contribution in [0.5, 0.6) is 0 Å². The van der Waals surface area contributed by atoms with Crippen molar-refractivity contribution >= 4 is 23.2 Å². The Morgan fingerprint density at radius 3 is 2.48 bits per heavy atom. The third kappa shape index (κ3) is 4.55. The summed E-state index contributed by atoms with van der Waals surface area (Å²) in [7, 11) is 0. The molecule has 1 amide bonds. The Labute approximate surface area is 155 Å². The Hall–Kier alpha value is -2.00. The molecule has 1 aliphatic rings. The van der Waals surface area contributed by atoms with Crippen LogP contribution in [0.25, 0.3) is 0 Å². The van der Waals surface area contributed by atoms with E-state index in [4.69, 9.17) is 11.6 Å². The van der Waals surface area contributed by atoms with Crippen LogP contribution in [-0.4, -0.2) is 19.0 Å². The highest BCUT2D eigenvalue weighted by molar-refractivity contribution is 6.30. The van der Waals surface area contributed by atoms with Gasteiger partial charge in [0.1, 0.15) is 0 Å². The van der Waals surface area contributed by atoms with Gasteiger partial charge in [-0.3, -0.25) is 4.79 Å². The molecule has 2 aromatic carbocycles. The van der Waals surface area contributed by atoms with Gasteiger partial charge >= 0.3 is 0 Å². The number of hydrogen-bond acceptors (Lipinski definition) is 2. The lowest BCUT2D eigenvalue weighted by Crippen LogP contribution is -2.32. The van der Waals surface area contributed by atoms with Crippen molar-refractivity contribution in [1.82, 2.24) is 5.32 Å². The largest absolute Gasteiger partial charge is 0.372 e. The topological polar surface area (TPSA) is 32.3 Å². The Morgan fingerprint density at radius 2 is 1.84 bits per heavy atom. The normalized spacial score (nSPS) is 16.5. The number of carbonyl (C=O) groups is 1. The molecule has 3 nitrogen and oxygen atoms in total. The molecule has 0 radical (unpaired) electrons. The number of nitrogens with zero attached hydrogens (tertiary/aromatic N) is 1. The van der Waals surface area contributed by atoms with E-state index in [0.717, 1.165) is 24.6 Å². The molecular formula is C21H25ClN2O. The molecule has 1 aliphatic heterocycles. The van der Waals surface area contributed by atoms with E-state index < -0.39 is 0 Å². The summed E-state index contributed by atoms with van der Waals surface area (Å²) in [5.41, 5.74) is 2.95. The van der Waals surface area contributed by atoms with Crippen molar-refractivity contribution in [2.75, 3.05) is 18.0 Å². The number of halogens is 1. The van der Waals surface area contributed by atoms with Crippen molar-refractivity contribution in [3.8, 4) is 0 Å². The van der Waals surface area contributed by atoms with Gasteiger partial charge in [0.05, 0.1) is 6.04 Å². The zero-order valence-electron chi connectivity index (χ0n) is 14.8. The van der Waals surface area contributed by atoms with E-state index in [9.17, 15) is 4.79 Å². The van der Waals surface area contributed by atoms with Gasteiger partial charge in [-0.25, -0.2) is 0 Å². The van der Waals surface area contributed by atoms with E-state index in [0.29, 0.717) is 10.6 Å². The van der Waals surface area contributed by atoms with Crippen LogP contribution in [0.4, 0.5) is 5.69 Å². The molecule has 4 heteroatoms. The van der Waals surface area contributed by atoms with Crippen LogP contribution in [0.15, 0.2) is 48.5 Å². The molecule has 1 fully saturated rings. The van der Waals surface area contributed by atoms with Crippen LogP contribution in [0.2, 0.25) is 5.02 Å². The van der Waals surface area contributed by atoms with Gasteiger partial charge in [0.2, 0.25) is 0 Å². The molecule has 0 saturated carbocycles. The molecule has 1 atom stereocenters. The first-order chi connectivity index (χ1) is 12.0. The summed E-state index contributed by atoms with van der Waals surface area (Å²) >= 11 is 5.96. The second-order valence-corrected chi connectivity index (χ2v) is 7.40. The van der Waals surface area contributed by atoms with Gasteiger partial charge in [-0.15, -0.1) is 0 Å². The molecule has 1 N–H and O–H groups in total. The molecule has 0 aliphatic carbocycles. The fourth-order valence-corrected chi connectivity index (χ4v) is 3.42. The predicted molar refractivity (Wildman–Crippen MR) is 104 cm³/mol. The molecule has 3 rings (SSSR count). The molecule has 0 aromatic heterocycles. The first kappa shape index (κ1) is 17.8. The molecular weight excluding hydrogens is 332 g/mol. The highest BCUT2D eigenvalue weighted by Gasteiger charge is 2.17. The second kappa shape index (κ2) is 7.92. The van der Waals surface area contributed by atoms with E-state index >= 15 is 0 Å². The fraction of sp³-hybridized carbons (Fsp3) is 0.381. The summed E-state index contributed by atoms with van der Waals surface area (Å²) < 4.78 is 0. The standard InChI is InChI=1S/C21H25ClN2O/c1-15-10-12-24(13-11-15)20-8-6-17(7-9-20)16(2)23-21(25)18-4-3-5-19(22)14-18/h3-9,14-16H,10-13H2,1-2H3,(H,23,25). The van der Waals surface area contributed by atoms with Gasteiger partial charge in [-0.2, -0.15) is 0 Å². The summed E-state index contributed by atoms with van der Waals surface area (Å²) in [5.74, 6) is 0.723. The summed E-state index contributed by atoms with van der Waals surface area (Å²) in [6.07, 6.45) is 2.52. The highest BCUT2D eigenvalue weighted by atomic mass is 35.5. The Morgan fingerprint density at radius 1 is 1.16 bits per heavy atom. The van der Waals surface area contributed by atoms with Gasteiger partial charge < -0.3 is 10.2 Å². The molecule has 132 valence electrons. The van der Waals surface area contributed by atoms with Crippen molar-refractivity contribution in [1.29, 1.82) is 0 Å². The number of rotatable bonds is 4. The summed E-state index contributed by atoms with van der Waals surface area (Å²) in [6.45, 7) is 6.58. The maximum Gasteiger partial charge on any atom is 0.251 e. The predicted octanol–water partition coefficient (Wildman–Crippen LogP) is 5.07. The number of anilines is 1. The minimum Gasteiger partial charge on any atom is -0.372 e. The molecule has 1 heterocycles. The van der Waals surface area contributed by atoms with Crippen molar-refractivity contribution in [3.05, 3.63) is 64.7 Å². The van der Waals surface area contributed by atoms with Gasteiger partial charge in [-0.1, -0.05) is 36.7 Å². The molecule has 1 saturated heterocycles. The Bertz CT molecular complexity index is 721. The van der Waals surface area contributed by atoms with Gasteiger partial charge in [0.15, 0.2) is 0 Å². The van der Waals surface area contributed by atoms with E-state index in [1.807, 2.05) is 6.92 Å². The third-order valence-corrected chi connectivity index (χ3v) is 5.21.